The van der Waals surface area contributed by atoms with Gasteiger partial charge in [0.05, 0.1) is 19.0 Å². The van der Waals surface area contributed by atoms with Gasteiger partial charge in [0.25, 0.3) is 0 Å². The summed E-state index contributed by atoms with van der Waals surface area (Å²) in [5, 5.41) is 13.5. The highest BCUT2D eigenvalue weighted by atomic mass is 16.5. The van der Waals surface area contributed by atoms with Crippen LogP contribution in [0.15, 0.2) is 48.1 Å². The Kier molecular flexibility index (Phi) is 6.01. The van der Waals surface area contributed by atoms with Gasteiger partial charge < -0.3 is 14.7 Å². The van der Waals surface area contributed by atoms with Crippen LogP contribution in [0.5, 0.6) is 0 Å². The van der Waals surface area contributed by atoms with Crippen molar-refractivity contribution in [2.75, 3.05) is 31.0 Å². The molecule has 2 atom stereocenters. The zero-order valence-corrected chi connectivity index (χ0v) is 17.0. The number of aromatic nitrogens is 4. The molecular formula is C21H25N7O2. The summed E-state index contributed by atoms with van der Waals surface area (Å²) in [6.45, 7) is 0.0208. The van der Waals surface area contributed by atoms with Crippen LogP contribution in [-0.2, 0) is 4.74 Å². The van der Waals surface area contributed by atoms with E-state index in [1.165, 1.54) is 6.33 Å². The maximum atomic E-state index is 9.28. The molecule has 0 spiro atoms. The molecule has 9 nitrogen and oxygen atoms in total. The van der Waals surface area contributed by atoms with E-state index >= 15 is 0 Å². The first-order valence-corrected chi connectivity index (χ1v) is 9.82. The number of nitrogens with one attached hydrogen (secondary N) is 1. The third-order valence-electron chi connectivity index (χ3n) is 4.99. The van der Waals surface area contributed by atoms with Crippen molar-refractivity contribution in [3.8, 4) is 0 Å². The fourth-order valence-corrected chi connectivity index (χ4v) is 3.35. The van der Waals surface area contributed by atoms with Gasteiger partial charge in [-0.05, 0) is 36.6 Å². The molecule has 0 aliphatic carbocycles. The van der Waals surface area contributed by atoms with Gasteiger partial charge in [0.15, 0.2) is 17.0 Å². The largest absolute Gasteiger partial charge is 0.394 e. The van der Waals surface area contributed by atoms with Crippen molar-refractivity contribution in [1.29, 1.82) is 0 Å². The van der Waals surface area contributed by atoms with Gasteiger partial charge in [-0.1, -0.05) is 18.2 Å². The summed E-state index contributed by atoms with van der Waals surface area (Å²) in [5.41, 5.74) is 6.46. The molecule has 30 heavy (non-hydrogen) atoms. The summed E-state index contributed by atoms with van der Waals surface area (Å²) in [6, 6.07) is 8.25. The van der Waals surface area contributed by atoms with Gasteiger partial charge in [0, 0.05) is 26.0 Å². The molecule has 1 aliphatic rings. The van der Waals surface area contributed by atoms with Gasteiger partial charge in [-0.15, -0.1) is 0 Å². The number of rotatable bonds is 7. The normalized spacial score (nSPS) is 19.3. The minimum atomic E-state index is -0.180. The van der Waals surface area contributed by atoms with E-state index in [1.54, 1.807) is 12.5 Å². The molecule has 0 unspecified atom stereocenters. The zero-order chi connectivity index (χ0) is 20.9. The standard InChI is InChI=1S/C21H25N7O2/c1-27(2)16-7-5-15(6-8-16)4-3-11-25-26-20-19-21(23-13-22-20)28(14-24-19)18-10-9-17(12-29)30-18/h3-8,11,13-14,17-18,29H,9-10,12H2,1-2H3,(H,22,23,26)/b4-3+,25-11+/t17-,18+/m0/s1. The van der Waals surface area contributed by atoms with Crippen LogP contribution in [0.1, 0.15) is 24.6 Å². The maximum Gasteiger partial charge on any atom is 0.177 e. The van der Waals surface area contributed by atoms with Crippen molar-refractivity contribution in [2.45, 2.75) is 25.2 Å². The van der Waals surface area contributed by atoms with Crippen molar-refractivity contribution in [3.63, 3.8) is 0 Å². The molecule has 156 valence electrons. The molecule has 0 radical (unpaired) electrons. The van der Waals surface area contributed by atoms with Crippen LogP contribution in [0.3, 0.4) is 0 Å². The number of anilines is 2. The lowest BCUT2D eigenvalue weighted by atomic mass is 10.2. The Morgan fingerprint density at radius 2 is 2.07 bits per heavy atom. The topological polar surface area (TPSA) is 101 Å². The lowest BCUT2D eigenvalue weighted by Crippen LogP contribution is -2.14. The second kappa shape index (κ2) is 9.02. The SMILES string of the molecule is CN(C)c1ccc(/C=C/C=N/Nc2ncnc3c2ncn3[C@H]2CC[C@@H](CO)O2)cc1. The smallest absolute Gasteiger partial charge is 0.177 e. The minimum Gasteiger partial charge on any atom is -0.394 e. The highest BCUT2D eigenvalue weighted by molar-refractivity contribution is 5.84. The van der Waals surface area contributed by atoms with Gasteiger partial charge in [-0.25, -0.2) is 15.0 Å². The average molecular weight is 407 g/mol. The Labute approximate surface area is 174 Å². The number of ether oxygens (including phenoxy) is 1. The summed E-state index contributed by atoms with van der Waals surface area (Å²) >= 11 is 0. The molecule has 0 bridgehead atoms. The van der Waals surface area contributed by atoms with Gasteiger partial charge in [0.2, 0.25) is 0 Å². The van der Waals surface area contributed by atoms with E-state index in [2.05, 4.69) is 54.6 Å². The van der Waals surface area contributed by atoms with Crippen molar-refractivity contribution >= 4 is 35.0 Å². The molecule has 1 fully saturated rings. The molecule has 0 amide bonds. The second-order valence-corrected chi connectivity index (χ2v) is 7.25. The number of hydrogen-bond acceptors (Lipinski definition) is 8. The second-order valence-electron chi connectivity index (χ2n) is 7.25. The highest BCUT2D eigenvalue weighted by Crippen LogP contribution is 2.31. The maximum absolute atomic E-state index is 9.28. The fraction of sp³-hybridized carbons (Fsp3) is 0.333. The van der Waals surface area contributed by atoms with Gasteiger partial charge in [-0.3, -0.25) is 9.99 Å². The molecule has 1 aliphatic heterocycles. The van der Waals surface area contributed by atoms with Crippen LogP contribution in [-0.4, -0.2) is 57.6 Å². The highest BCUT2D eigenvalue weighted by Gasteiger charge is 2.27. The Morgan fingerprint density at radius 3 is 2.80 bits per heavy atom. The predicted octanol–water partition coefficient (Wildman–Crippen LogP) is 2.67. The summed E-state index contributed by atoms with van der Waals surface area (Å²) in [6.07, 6.45) is 9.96. The Bertz CT molecular complexity index is 1040. The number of benzene rings is 1. The van der Waals surface area contributed by atoms with E-state index in [1.807, 2.05) is 30.8 Å². The molecule has 2 aromatic heterocycles. The lowest BCUT2D eigenvalue weighted by Gasteiger charge is -2.13. The number of hydrazone groups is 1. The zero-order valence-electron chi connectivity index (χ0n) is 17.0. The van der Waals surface area contributed by atoms with Crippen molar-refractivity contribution in [3.05, 3.63) is 48.6 Å². The third kappa shape index (κ3) is 4.32. The summed E-state index contributed by atoms with van der Waals surface area (Å²) < 4.78 is 7.70. The van der Waals surface area contributed by atoms with E-state index in [9.17, 15) is 5.11 Å². The Hall–Kier alpha value is -3.30. The number of fused-ring (bicyclic) bond motifs is 1. The fourth-order valence-electron chi connectivity index (χ4n) is 3.35. The average Bonchev–Trinajstić information content (AvgIpc) is 3.41. The molecule has 9 heteroatoms. The quantitative estimate of drug-likeness (QED) is 0.459. The number of hydrogen-bond donors (Lipinski definition) is 2. The predicted molar refractivity (Wildman–Crippen MR) is 117 cm³/mol. The van der Waals surface area contributed by atoms with E-state index in [0.717, 1.165) is 24.1 Å². The van der Waals surface area contributed by atoms with Crippen LogP contribution in [0.2, 0.25) is 0 Å². The summed E-state index contributed by atoms with van der Waals surface area (Å²) in [7, 11) is 4.03. The molecule has 3 heterocycles. The minimum absolute atomic E-state index is 0.0208. The van der Waals surface area contributed by atoms with Crippen LogP contribution in [0.4, 0.5) is 11.5 Å². The molecule has 0 saturated carbocycles. The molecule has 2 N–H and O–H groups in total. The van der Waals surface area contributed by atoms with Crippen LogP contribution in [0, 0.1) is 0 Å². The number of nitrogens with zero attached hydrogens (tertiary/aromatic N) is 6. The number of imidazole rings is 1. The van der Waals surface area contributed by atoms with Crippen molar-refractivity contribution in [1.82, 2.24) is 19.5 Å². The third-order valence-corrected chi connectivity index (χ3v) is 4.99. The van der Waals surface area contributed by atoms with E-state index in [4.69, 9.17) is 4.74 Å². The van der Waals surface area contributed by atoms with Crippen LogP contribution in [0.25, 0.3) is 17.2 Å². The van der Waals surface area contributed by atoms with Crippen LogP contribution >= 0.6 is 0 Å². The van der Waals surface area contributed by atoms with Crippen LogP contribution < -0.4 is 10.3 Å². The Morgan fingerprint density at radius 1 is 1.23 bits per heavy atom. The van der Waals surface area contributed by atoms with Gasteiger partial charge >= 0.3 is 0 Å². The van der Waals surface area contributed by atoms with Crippen molar-refractivity contribution in [2.24, 2.45) is 5.10 Å². The number of allylic oxidation sites excluding steroid dienone is 1. The van der Waals surface area contributed by atoms with E-state index in [0.29, 0.717) is 17.0 Å². The molecule has 1 aromatic carbocycles. The molecule has 3 aromatic rings. The van der Waals surface area contributed by atoms with Gasteiger partial charge in [0.1, 0.15) is 12.6 Å². The molecule has 1 saturated heterocycles. The lowest BCUT2D eigenvalue weighted by molar-refractivity contribution is -0.0207. The van der Waals surface area contributed by atoms with E-state index < -0.39 is 0 Å². The van der Waals surface area contributed by atoms with Crippen molar-refractivity contribution < 1.29 is 9.84 Å². The van der Waals surface area contributed by atoms with Gasteiger partial charge in [-0.2, -0.15) is 5.10 Å². The first-order valence-electron chi connectivity index (χ1n) is 9.82. The monoisotopic (exact) mass is 407 g/mol. The number of aliphatic hydroxyl groups is 1. The molecular weight excluding hydrogens is 382 g/mol. The Balaban J connectivity index is 1.41. The first kappa shape index (κ1) is 20.0. The van der Waals surface area contributed by atoms with E-state index in [-0.39, 0.29) is 18.9 Å². The summed E-state index contributed by atoms with van der Waals surface area (Å²) in [5.74, 6) is 0.524. The number of aliphatic hydroxyl groups excluding tert-OH is 1. The summed E-state index contributed by atoms with van der Waals surface area (Å²) in [4.78, 5) is 15.1. The molecule has 4 rings (SSSR count). The first-order chi connectivity index (χ1) is 14.7.